The van der Waals surface area contributed by atoms with Crippen LogP contribution in [-0.2, 0) is 0 Å². The van der Waals surface area contributed by atoms with Crippen molar-refractivity contribution >= 4 is 28.9 Å². The molecular weight excluding hydrogens is 328 g/mol. The van der Waals surface area contributed by atoms with Gasteiger partial charge in [-0.15, -0.1) is 10.2 Å². The van der Waals surface area contributed by atoms with Crippen LogP contribution >= 0.6 is 11.6 Å². The molecule has 24 heavy (non-hydrogen) atoms. The molecule has 0 saturated carbocycles. The first-order chi connectivity index (χ1) is 11.5. The van der Waals surface area contributed by atoms with Crippen molar-refractivity contribution in [1.82, 2.24) is 10.2 Å². The number of carbonyl (C=O) groups is 1. The summed E-state index contributed by atoms with van der Waals surface area (Å²) in [5, 5.41) is 11.0. The van der Waals surface area contributed by atoms with E-state index in [9.17, 15) is 4.79 Å². The van der Waals surface area contributed by atoms with Crippen molar-refractivity contribution in [3.8, 4) is 11.5 Å². The van der Waals surface area contributed by atoms with Gasteiger partial charge in [-0.2, -0.15) is 0 Å². The second-order valence-electron chi connectivity index (χ2n) is 5.31. The Kier molecular flexibility index (Phi) is 4.48. The Balaban J connectivity index is 1.72. The largest absolute Gasteiger partial charge is 0.412 e. The third-order valence-electron chi connectivity index (χ3n) is 3.35. The molecule has 6 nitrogen and oxygen atoms in total. The topological polar surface area (TPSA) is 71.3 Å². The van der Waals surface area contributed by atoms with E-state index in [1.165, 1.54) is 0 Å². The van der Waals surface area contributed by atoms with Gasteiger partial charge in [0.15, 0.2) is 0 Å². The molecule has 1 heterocycles. The fourth-order valence-electron chi connectivity index (χ4n) is 2.05. The van der Waals surface area contributed by atoms with Gasteiger partial charge in [0.1, 0.15) is 0 Å². The highest BCUT2D eigenvalue weighted by atomic mass is 35.5. The minimum atomic E-state index is -0.458. The molecule has 0 saturated heterocycles. The number of nitrogens with zero attached hydrogens (tertiary/aromatic N) is 3. The van der Waals surface area contributed by atoms with E-state index in [2.05, 4.69) is 15.5 Å². The van der Waals surface area contributed by atoms with Gasteiger partial charge < -0.3 is 14.6 Å². The Bertz CT molecular complexity index is 842. The molecule has 1 aromatic heterocycles. The quantitative estimate of drug-likeness (QED) is 0.782. The number of anilines is 2. The summed E-state index contributed by atoms with van der Waals surface area (Å²) in [6.45, 7) is 0. The van der Waals surface area contributed by atoms with E-state index < -0.39 is 5.91 Å². The molecule has 0 radical (unpaired) electrons. The molecule has 7 heteroatoms. The smallest absolute Gasteiger partial charge is 0.313 e. The number of nitrogens with one attached hydrogen (secondary N) is 1. The number of amides is 1. The average Bonchev–Trinajstić information content (AvgIpc) is 3.06. The summed E-state index contributed by atoms with van der Waals surface area (Å²) in [6, 6.07) is 14.4. The highest BCUT2D eigenvalue weighted by molar-refractivity contribution is 6.30. The van der Waals surface area contributed by atoms with Crippen molar-refractivity contribution in [2.45, 2.75) is 0 Å². The van der Waals surface area contributed by atoms with Crippen LogP contribution in [0.4, 0.5) is 11.4 Å². The van der Waals surface area contributed by atoms with Crippen LogP contribution < -0.4 is 10.2 Å². The van der Waals surface area contributed by atoms with Crippen LogP contribution in [0.15, 0.2) is 52.9 Å². The maximum Gasteiger partial charge on any atom is 0.313 e. The van der Waals surface area contributed by atoms with Crippen LogP contribution in [-0.4, -0.2) is 30.2 Å². The van der Waals surface area contributed by atoms with Crippen molar-refractivity contribution in [3.05, 3.63) is 59.4 Å². The zero-order valence-corrected chi connectivity index (χ0v) is 13.9. The second kappa shape index (κ2) is 6.72. The molecule has 1 N–H and O–H groups in total. The molecular formula is C17H15ClN4O2. The van der Waals surface area contributed by atoms with E-state index in [0.717, 1.165) is 5.69 Å². The molecule has 1 amide bonds. The summed E-state index contributed by atoms with van der Waals surface area (Å²) in [5.41, 5.74) is 2.38. The number of carbonyl (C=O) groups excluding carboxylic acids is 1. The minimum Gasteiger partial charge on any atom is -0.412 e. The summed E-state index contributed by atoms with van der Waals surface area (Å²) in [5.74, 6) is -0.295. The van der Waals surface area contributed by atoms with Crippen molar-refractivity contribution in [2.24, 2.45) is 0 Å². The number of rotatable bonds is 4. The number of hydrogen-bond donors (Lipinski definition) is 1. The van der Waals surface area contributed by atoms with Crippen molar-refractivity contribution in [1.29, 1.82) is 0 Å². The lowest BCUT2D eigenvalue weighted by Gasteiger charge is -2.12. The third-order valence-corrected chi connectivity index (χ3v) is 3.60. The van der Waals surface area contributed by atoms with E-state index in [-0.39, 0.29) is 11.8 Å². The van der Waals surface area contributed by atoms with Crippen molar-refractivity contribution in [2.75, 3.05) is 24.3 Å². The van der Waals surface area contributed by atoms with Gasteiger partial charge in [0.05, 0.1) is 0 Å². The predicted octanol–water partition coefficient (Wildman–Crippen LogP) is 3.71. The average molecular weight is 343 g/mol. The first-order valence-electron chi connectivity index (χ1n) is 7.21. The molecule has 0 unspecified atom stereocenters. The van der Waals surface area contributed by atoms with Gasteiger partial charge in [0.25, 0.3) is 0 Å². The van der Waals surface area contributed by atoms with Gasteiger partial charge in [-0.25, -0.2) is 0 Å². The molecule has 3 rings (SSSR count). The molecule has 3 aromatic rings. The van der Waals surface area contributed by atoms with Crippen molar-refractivity contribution < 1.29 is 9.21 Å². The van der Waals surface area contributed by atoms with E-state index >= 15 is 0 Å². The van der Waals surface area contributed by atoms with Gasteiger partial charge in [0, 0.05) is 36.1 Å². The number of benzene rings is 2. The van der Waals surface area contributed by atoms with E-state index in [1.54, 1.807) is 24.3 Å². The third kappa shape index (κ3) is 3.55. The molecule has 0 bridgehead atoms. The first-order valence-corrected chi connectivity index (χ1v) is 7.59. The van der Waals surface area contributed by atoms with E-state index in [0.29, 0.717) is 16.3 Å². The SMILES string of the molecule is CN(C)c1ccc(NC(=O)c2nnc(-c3ccc(Cl)cc3)o2)cc1. The molecule has 2 aromatic carbocycles. The van der Waals surface area contributed by atoms with Crippen LogP contribution in [0, 0.1) is 0 Å². The number of aromatic nitrogens is 2. The Labute approximate surface area is 144 Å². The molecule has 0 aliphatic heterocycles. The summed E-state index contributed by atoms with van der Waals surface area (Å²) in [6.07, 6.45) is 0. The monoisotopic (exact) mass is 342 g/mol. The minimum absolute atomic E-state index is 0.100. The lowest BCUT2D eigenvalue weighted by molar-refractivity contribution is 0.0991. The highest BCUT2D eigenvalue weighted by Crippen LogP contribution is 2.21. The van der Waals surface area contributed by atoms with Crippen molar-refractivity contribution in [3.63, 3.8) is 0 Å². The zero-order chi connectivity index (χ0) is 17.1. The summed E-state index contributed by atoms with van der Waals surface area (Å²) in [7, 11) is 3.90. The second-order valence-corrected chi connectivity index (χ2v) is 5.75. The highest BCUT2D eigenvalue weighted by Gasteiger charge is 2.16. The summed E-state index contributed by atoms with van der Waals surface area (Å²) in [4.78, 5) is 14.2. The lowest BCUT2D eigenvalue weighted by atomic mass is 10.2. The van der Waals surface area contributed by atoms with Gasteiger partial charge in [-0.3, -0.25) is 4.79 Å². The summed E-state index contributed by atoms with van der Waals surface area (Å²) < 4.78 is 5.42. The summed E-state index contributed by atoms with van der Waals surface area (Å²) >= 11 is 5.84. The maximum atomic E-state index is 12.2. The molecule has 0 aliphatic rings. The Morgan fingerprint density at radius 3 is 2.33 bits per heavy atom. The standard InChI is InChI=1S/C17H15ClN4O2/c1-22(2)14-9-7-13(8-10-14)19-15(23)17-21-20-16(24-17)11-3-5-12(18)6-4-11/h3-10H,1-2H3,(H,19,23). The lowest BCUT2D eigenvalue weighted by Crippen LogP contribution is -2.13. The van der Waals surface area contributed by atoms with E-state index in [1.807, 2.05) is 43.3 Å². The number of hydrogen-bond acceptors (Lipinski definition) is 5. The van der Waals surface area contributed by atoms with Crippen LogP contribution in [0.5, 0.6) is 0 Å². The number of halogens is 1. The molecule has 122 valence electrons. The predicted molar refractivity (Wildman–Crippen MR) is 93.5 cm³/mol. The maximum absolute atomic E-state index is 12.2. The van der Waals surface area contributed by atoms with Gasteiger partial charge in [-0.1, -0.05) is 11.6 Å². The zero-order valence-electron chi connectivity index (χ0n) is 13.2. The van der Waals surface area contributed by atoms with E-state index in [4.69, 9.17) is 16.0 Å². The Hall–Kier alpha value is -2.86. The van der Waals surface area contributed by atoms with Crippen LogP contribution in [0.2, 0.25) is 5.02 Å². The fourth-order valence-corrected chi connectivity index (χ4v) is 2.18. The van der Waals surface area contributed by atoms with Gasteiger partial charge in [-0.05, 0) is 48.5 Å². The molecule has 0 aliphatic carbocycles. The first kappa shape index (κ1) is 16.0. The van der Waals surface area contributed by atoms with Crippen LogP contribution in [0.1, 0.15) is 10.7 Å². The van der Waals surface area contributed by atoms with Crippen LogP contribution in [0.3, 0.4) is 0 Å². The normalized spacial score (nSPS) is 10.5. The van der Waals surface area contributed by atoms with Gasteiger partial charge >= 0.3 is 11.8 Å². The fraction of sp³-hybridized carbons (Fsp3) is 0.118. The Morgan fingerprint density at radius 2 is 1.71 bits per heavy atom. The van der Waals surface area contributed by atoms with Crippen LogP contribution in [0.25, 0.3) is 11.5 Å². The molecule has 0 fully saturated rings. The van der Waals surface area contributed by atoms with Gasteiger partial charge in [0.2, 0.25) is 5.89 Å². The molecule has 0 atom stereocenters. The molecule has 0 spiro atoms. The Morgan fingerprint density at radius 1 is 1.04 bits per heavy atom.